The Kier molecular flexibility index (Phi) is 6.89. The molecule has 1 rings (SSSR count). The number of para-hydroxylation sites is 1. The van der Waals surface area contributed by atoms with Gasteiger partial charge in [0, 0.05) is 12.1 Å². The number of benzene rings is 1. The van der Waals surface area contributed by atoms with Gasteiger partial charge in [-0.15, -0.1) is 0 Å². The van der Waals surface area contributed by atoms with E-state index < -0.39 is 6.61 Å². The van der Waals surface area contributed by atoms with E-state index >= 15 is 0 Å². The topological polar surface area (TPSA) is 30.5 Å². The van der Waals surface area contributed by atoms with Gasteiger partial charge in [-0.3, -0.25) is 0 Å². The van der Waals surface area contributed by atoms with Crippen molar-refractivity contribution in [2.24, 2.45) is 0 Å². The molecule has 0 amide bonds. The first-order valence-electron chi connectivity index (χ1n) is 6.11. The van der Waals surface area contributed by atoms with Crippen LogP contribution in [0.1, 0.15) is 18.9 Å². The second-order valence-corrected chi connectivity index (χ2v) is 3.86. The fourth-order valence-electron chi connectivity index (χ4n) is 1.66. The van der Waals surface area contributed by atoms with Crippen molar-refractivity contribution in [3.8, 4) is 11.5 Å². The largest absolute Gasteiger partial charge is 0.493 e. The summed E-state index contributed by atoms with van der Waals surface area (Å²) >= 11 is 0. The van der Waals surface area contributed by atoms with E-state index in [2.05, 4.69) is 10.1 Å². The van der Waals surface area contributed by atoms with Crippen LogP contribution in [-0.4, -0.2) is 20.3 Å². The number of hydrogen-bond acceptors (Lipinski definition) is 3. The van der Waals surface area contributed by atoms with Crippen LogP contribution < -0.4 is 14.8 Å². The summed E-state index contributed by atoms with van der Waals surface area (Å²) in [6, 6.07) is 5.09. The summed E-state index contributed by atoms with van der Waals surface area (Å²) in [5.41, 5.74) is 0.653. The monoisotopic (exact) mass is 271 g/mol. The van der Waals surface area contributed by atoms with Gasteiger partial charge in [-0.05, 0) is 26.0 Å². The van der Waals surface area contributed by atoms with Crippen molar-refractivity contribution in [3.05, 3.63) is 35.9 Å². The number of ether oxygens (including phenoxy) is 2. The average molecular weight is 271 g/mol. The van der Waals surface area contributed by atoms with Crippen molar-refractivity contribution in [1.29, 1.82) is 0 Å². The predicted octanol–water partition coefficient (Wildman–Crippen LogP) is 3.35. The quantitative estimate of drug-likeness (QED) is 0.581. The summed E-state index contributed by atoms with van der Waals surface area (Å²) < 4.78 is 34.4. The van der Waals surface area contributed by atoms with E-state index in [-0.39, 0.29) is 5.75 Å². The van der Waals surface area contributed by atoms with Crippen molar-refractivity contribution in [1.82, 2.24) is 5.32 Å². The third kappa shape index (κ3) is 5.26. The molecule has 0 aliphatic heterocycles. The van der Waals surface area contributed by atoms with Gasteiger partial charge in [-0.1, -0.05) is 24.3 Å². The lowest BCUT2D eigenvalue weighted by atomic mass is 10.2. The van der Waals surface area contributed by atoms with Gasteiger partial charge in [0.1, 0.15) is 0 Å². The van der Waals surface area contributed by atoms with Crippen LogP contribution >= 0.6 is 0 Å². The molecule has 0 unspecified atom stereocenters. The third-order valence-electron chi connectivity index (χ3n) is 2.53. The molecule has 0 radical (unpaired) electrons. The van der Waals surface area contributed by atoms with Gasteiger partial charge in [-0.2, -0.15) is 8.78 Å². The Morgan fingerprint density at radius 3 is 2.79 bits per heavy atom. The molecular weight excluding hydrogens is 252 g/mol. The van der Waals surface area contributed by atoms with Crippen molar-refractivity contribution < 1.29 is 18.3 Å². The molecule has 0 saturated heterocycles. The molecule has 0 atom stereocenters. The molecule has 0 heterocycles. The van der Waals surface area contributed by atoms with Crippen LogP contribution in [0.4, 0.5) is 8.78 Å². The van der Waals surface area contributed by atoms with E-state index in [4.69, 9.17) is 4.74 Å². The zero-order valence-corrected chi connectivity index (χ0v) is 11.2. The molecule has 5 heteroatoms. The molecule has 0 fully saturated rings. The zero-order chi connectivity index (χ0) is 14.1. The van der Waals surface area contributed by atoms with E-state index in [1.165, 1.54) is 7.11 Å². The lowest BCUT2D eigenvalue weighted by molar-refractivity contribution is -0.0518. The molecule has 0 aliphatic carbocycles. The maximum atomic E-state index is 12.4. The number of alkyl halides is 2. The molecule has 1 aromatic rings. The summed E-state index contributed by atoms with van der Waals surface area (Å²) in [4.78, 5) is 0. The number of methoxy groups -OCH3 is 1. The number of nitrogens with one attached hydrogen (secondary N) is 1. The summed E-state index contributed by atoms with van der Waals surface area (Å²) in [6.45, 7) is 0.321. The molecule has 0 spiro atoms. The van der Waals surface area contributed by atoms with Gasteiger partial charge in [0.15, 0.2) is 11.5 Å². The predicted molar refractivity (Wildman–Crippen MR) is 70.8 cm³/mol. The molecule has 0 bridgehead atoms. The van der Waals surface area contributed by atoms with Crippen LogP contribution in [0.2, 0.25) is 0 Å². The van der Waals surface area contributed by atoms with Crippen LogP contribution in [0.25, 0.3) is 0 Å². The highest BCUT2D eigenvalue weighted by atomic mass is 19.3. The fraction of sp³-hybridized carbons (Fsp3) is 0.429. The maximum absolute atomic E-state index is 12.4. The molecule has 106 valence electrons. The van der Waals surface area contributed by atoms with E-state index in [0.717, 1.165) is 13.0 Å². The Bertz CT molecular complexity index is 408. The Morgan fingerprint density at radius 2 is 2.16 bits per heavy atom. The zero-order valence-electron chi connectivity index (χ0n) is 11.2. The standard InChI is InChI=1S/C14H19F2NO2/c1-3-4-5-9-17-10-11-7-6-8-12(18-2)13(11)19-14(15)16/h3-4,6-8,14,17H,5,9-10H2,1-2H3/b4-3+. The highest BCUT2D eigenvalue weighted by molar-refractivity contribution is 5.46. The highest BCUT2D eigenvalue weighted by Crippen LogP contribution is 2.32. The Hall–Kier alpha value is -1.62. The first-order chi connectivity index (χ1) is 9.19. The van der Waals surface area contributed by atoms with Crippen molar-refractivity contribution >= 4 is 0 Å². The summed E-state index contributed by atoms with van der Waals surface area (Å²) in [5.74, 6) is 0.409. The Morgan fingerprint density at radius 1 is 1.37 bits per heavy atom. The molecule has 3 nitrogen and oxygen atoms in total. The van der Waals surface area contributed by atoms with Gasteiger partial charge in [0.25, 0.3) is 0 Å². The summed E-state index contributed by atoms with van der Waals surface area (Å²) in [5, 5.41) is 3.17. The summed E-state index contributed by atoms with van der Waals surface area (Å²) in [7, 11) is 1.43. The molecule has 0 aliphatic rings. The number of rotatable bonds is 8. The van der Waals surface area contributed by atoms with E-state index in [0.29, 0.717) is 17.9 Å². The fourth-order valence-corrected chi connectivity index (χ4v) is 1.66. The third-order valence-corrected chi connectivity index (χ3v) is 2.53. The number of halogens is 2. The second-order valence-electron chi connectivity index (χ2n) is 3.86. The number of hydrogen-bond donors (Lipinski definition) is 1. The number of allylic oxidation sites excluding steroid dienone is 1. The normalized spacial score (nSPS) is 11.2. The van der Waals surface area contributed by atoms with Gasteiger partial charge < -0.3 is 14.8 Å². The van der Waals surface area contributed by atoms with Gasteiger partial charge in [-0.25, -0.2) is 0 Å². The molecule has 0 saturated carbocycles. The van der Waals surface area contributed by atoms with Crippen LogP contribution in [-0.2, 0) is 6.54 Å². The second kappa shape index (κ2) is 8.48. The van der Waals surface area contributed by atoms with Crippen molar-refractivity contribution in [3.63, 3.8) is 0 Å². The van der Waals surface area contributed by atoms with Gasteiger partial charge in [0.05, 0.1) is 7.11 Å². The minimum Gasteiger partial charge on any atom is -0.493 e. The van der Waals surface area contributed by atoms with Crippen LogP contribution in [0.3, 0.4) is 0 Å². The molecule has 1 N–H and O–H groups in total. The molecule has 0 aromatic heterocycles. The first kappa shape index (κ1) is 15.4. The van der Waals surface area contributed by atoms with E-state index in [9.17, 15) is 8.78 Å². The Labute approximate surface area is 112 Å². The van der Waals surface area contributed by atoms with Crippen LogP contribution in [0.5, 0.6) is 11.5 Å². The minimum atomic E-state index is -2.86. The molecular formula is C14H19F2NO2. The maximum Gasteiger partial charge on any atom is 0.387 e. The molecule has 19 heavy (non-hydrogen) atoms. The van der Waals surface area contributed by atoms with Crippen LogP contribution in [0.15, 0.2) is 30.4 Å². The lowest BCUT2D eigenvalue weighted by Crippen LogP contribution is -2.16. The van der Waals surface area contributed by atoms with Gasteiger partial charge in [0.2, 0.25) is 0 Å². The van der Waals surface area contributed by atoms with Crippen molar-refractivity contribution in [2.75, 3.05) is 13.7 Å². The van der Waals surface area contributed by atoms with E-state index in [1.807, 2.05) is 19.1 Å². The van der Waals surface area contributed by atoms with Crippen LogP contribution in [0, 0.1) is 0 Å². The first-order valence-corrected chi connectivity index (χ1v) is 6.11. The Balaban J connectivity index is 2.69. The lowest BCUT2D eigenvalue weighted by Gasteiger charge is -2.14. The van der Waals surface area contributed by atoms with Gasteiger partial charge >= 0.3 is 6.61 Å². The summed E-state index contributed by atoms with van der Waals surface area (Å²) in [6.07, 6.45) is 4.90. The molecule has 1 aromatic carbocycles. The highest BCUT2D eigenvalue weighted by Gasteiger charge is 2.14. The van der Waals surface area contributed by atoms with Crippen molar-refractivity contribution in [2.45, 2.75) is 26.5 Å². The minimum absolute atomic E-state index is 0.0959. The van der Waals surface area contributed by atoms with E-state index in [1.54, 1.807) is 18.2 Å². The smallest absolute Gasteiger partial charge is 0.387 e. The average Bonchev–Trinajstić information content (AvgIpc) is 2.39. The SMILES string of the molecule is C/C=C/CCNCc1cccc(OC)c1OC(F)F.